The fraction of sp³-hybridized carbons (Fsp3) is 0.231. The first-order chi connectivity index (χ1) is 11.0. The summed E-state index contributed by atoms with van der Waals surface area (Å²) < 4.78 is 6.65. The van der Waals surface area contributed by atoms with Crippen LogP contribution in [0.4, 0.5) is 0 Å². The van der Waals surface area contributed by atoms with Crippen LogP contribution in [-0.4, -0.2) is 49.8 Å². The van der Waals surface area contributed by atoms with Gasteiger partial charge in [0.05, 0.1) is 11.5 Å². The zero-order valence-electron chi connectivity index (χ0n) is 11.9. The van der Waals surface area contributed by atoms with E-state index in [0.29, 0.717) is 5.56 Å². The van der Waals surface area contributed by atoms with Crippen LogP contribution in [0.25, 0.3) is 0 Å². The molecule has 1 aliphatic rings. The van der Waals surface area contributed by atoms with Crippen LogP contribution in [0.1, 0.15) is 15.9 Å². The number of nitrogens with zero attached hydrogens (tertiary/aromatic N) is 3. The van der Waals surface area contributed by atoms with E-state index in [1.54, 1.807) is 12.1 Å². The second kappa shape index (κ2) is 6.09. The van der Waals surface area contributed by atoms with Gasteiger partial charge in [0.2, 0.25) is 5.91 Å². The van der Waals surface area contributed by atoms with E-state index >= 15 is 0 Å². The lowest BCUT2D eigenvalue weighted by molar-refractivity contribution is -0.122. The van der Waals surface area contributed by atoms with Crippen LogP contribution in [0.2, 0.25) is 0 Å². The van der Waals surface area contributed by atoms with Gasteiger partial charge in [-0.1, -0.05) is 12.1 Å². The van der Waals surface area contributed by atoms with E-state index in [-0.39, 0.29) is 30.2 Å². The van der Waals surface area contributed by atoms with Gasteiger partial charge in [-0.25, -0.2) is 14.5 Å². The molecule has 10 heteroatoms. The van der Waals surface area contributed by atoms with Crippen molar-refractivity contribution in [2.75, 3.05) is 0 Å². The Labute approximate surface area is 131 Å². The Bertz CT molecular complexity index is 736. The largest absolute Gasteiger partial charge is 0.547 e. The molecule has 3 rings (SSSR count). The molecule has 0 saturated carbocycles. The van der Waals surface area contributed by atoms with Gasteiger partial charge < -0.3 is 20.1 Å². The van der Waals surface area contributed by atoms with E-state index in [0.717, 1.165) is 0 Å². The number of para-hydroxylation sites is 1. The lowest BCUT2D eigenvalue weighted by atomic mass is 9.72. The molecule has 1 aromatic carbocycles. The molecule has 0 spiro atoms. The second-order valence-electron chi connectivity index (χ2n) is 5.08. The van der Waals surface area contributed by atoms with Crippen LogP contribution in [0.5, 0.6) is 5.75 Å². The molecule has 0 unspecified atom stereocenters. The van der Waals surface area contributed by atoms with Crippen molar-refractivity contribution in [1.82, 2.24) is 20.1 Å². The Morgan fingerprint density at radius 2 is 2.30 bits per heavy atom. The summed E-state index contributed by atoms with van der Waals surface area (Å²) in [6, 6.07) is 4.69. The molecule has 0 aliphatic carbocycles. The average Bonchev–Trinajstić information content (AvgIpc) is 3.00. The van der Waals surface area contributed by atoms with Crippen molar-refractivity contribution in [3.8, 4) is 5.75 Å². The summed E-state index contributed by atoms with van der Waals surface area (Å²) in [4.78, 5) is 26.9. The maximum atomic E-state index is 12.0. The maximum absolute atomic E-state index is 12.0. The van der Waals surface area contributed by atoms with Crippen LogP contribution in [-0.2, 0) is 17.8 Å². The molecule has 0 saturated heterocycles. The predicted octanol–water partition coefficient (Wildman–Crippen LogP) is -0.884. The Balaban J connectivity index is 1.72. The number of amides is 1. The van der Waals surface area contributed by atoms with Crippen LogP contribution in [0.15, 0.2) is 30.9 Å². The number of fused-ring (bicyclic) bond motifs is 1. The summed E-state index contributed by atoms with van der Waals surface area (Å²) in [5.41, 5.74) is 0.593. The fourth-order valence-electron chi connectivity index (χ4n) is 2.43. The van der Waals surface area contributed by atoms with Gasteiger partial charge in [-0.05, 0) is 18.1 Å². The highest BCUT2D eigenvalue weighted by Crippen LogP contribution is 2.30. The van der Waals surface area contributed by atoms with Crippen molar-refractivity contribution in [3.05, 3.63) is 42.0 Å². The Kier molecular flexibility index (Phi) is 3.98. The Morgan fingerprint density at radius 3 is 3.00 bits per heavy atom. The van der Waals surface area contributed by atoms with Gasteiger partial charge in [0.15, 0.2) is 0 Å². The normalized spacial score (nSPS) is 16.4. The first-order valence-electron chi connectivity index (χ1n) is 6.86. The molecule has 9 nitrogen and oxygen atoms in total. The number of carboxylic acids is 1. The number of rotatable bonds is 4. The molecule has 0 radical (unpaired) electrons. The van der Waals surface area contributed by atoms with E-state index < -0.39 is 19.0 Å². The molecule has 2 aromatic rings. The Morgan fingerprint density at radius 1 is 1.48 bits per heavy atom. The highest BCUT2D eigenvalue weighted by molar-refractivity contribution is 6.47. The topological polar surface area (TPSA) is 127 Å². The van der Waals surface area contributed by atoms with Crippen molar-refractivity contribution in [1.29, 1.82) is 0 Å². The molecule has 1 atom stereocenters. The molecule has 1 aromatic heterocycles. The summed E-state index contributed by atoms with van der Waals surface area (Å²) in [5.74, 6) is -2.04. The first kappa shape index (κ1) is 15.0. The van der Waals surface area contributed by atoms with Crippen LogP contribution < -0.4 is 9.97 Å². The van der Waals surface area contributed by atoms with E-state index in [1.165, 1.54) is 23.4 Å². The third-order valence-corrected chi connectivity index (χ3v) is 3.47. The van der Waals surface area contributed by atoms with Gasteiger partial charge in [0, 0.05) is 0 Å². The molecule has 3 N–H and O–H groups in total. The number of aromatic carboxylic acids is 1. The minimum absolute atomic E-state index is 0.0195. The summed E-state index contributed by atoms with van der Waals surface area (Å²) in [7, 11) is -1.33. The number of hydrogen-bond acceptors (Lipinski definition) is 6. The van der Waals surface area contributed by atoms with Crippen LogP contribution in [0.3, 0.4) is 0 Å². The van der Waals surface area contributed by atoms with E-state index in [2.05, 4.69) is 15.4 Å². The highest BCUT2D eigenvalue weighted by Gasteiger charge is 2.37. The van der Waals surface area contributed by atoms with Gasteiger partial charge in [0.25, 0.3) is 0 Å². The van der Waals surface area contributed by atoms with Crippen molar-refractivity contribution in [2.24, 2.45) is 0 Å². The third kappa shape index (κ3) is 3.16. The highest BCUT2D eigenvalue weighted by atomic mass is 16.5. The molecule has 118 valence electrons. The maximum Gasteiger partial charge on any atom is 0.547 e. The van der Waals surface area contributed by atoms with E-state index in [4.69, 9.17) is 9.76 Å². The predicted molar refractivity (Wildman–Crippen MR) is 77.7 cm³/mol. The number of hydrogen-bond donors (Lipinski definition) is 3. The van der Waals surface area contributed by atoms with Crippen LogP contribution in [0, 0.1) is 0 Å². The lowest BCUT2D eigenvalue weighted by Gasteiger charge is -2.28. The number of carboxylic acid groups (broad SMARTS) is 1. The average molecular weight is 316 g/mol. The number of benzene rings is 1. The molecule has 2 heterocycles. The first-order valence-corrected chi connectivity index (χ1v) is 6.86. The molecular formula is C13H13BN4O5. The molecule has 1 aliphatic heterocycles. The van der Waals surface area contributed by atoms with Gasteiger partial charge >= 0.3 is 13.1 Å². The zero-order chi connectivity index (χ0) is 16.4. The minimum Gasteiger partial charge on any atom is -0.534 e. The second-order valence-corrected chi connectivity index (χ2v) is 5.08. The van der Waals surface area contributed by atoms with Gasteiger partial charge in [-0.3, -0.25) is 4.79 Å². The number of aromatic nitrogens is 3. The summed E-state index contributed by atoms with van der Waals surface area (Å²) >= 11 is 0. The van der Waals surface area contributed by atoms with Crippen molar-refractivity contribution in [3.63, 3.8) is 0 Å². The number of carbonyl (C=O) groups is 2. The monoisotopic (exact) mass is 316 g/mol. The molecule has 23 heavy (non-hydrogen) atoms. The lowest BCUT2D eigenvalue weighted by Crippen LogP contribution is -2.53. The summed E-state index contributed by atoms with van der Waals surface area (Å²) in [5, 5.41) is 25.6. The molecule has 1 amide bonds. The standard InChI is InChI=1S/C13H13BN4O5/c19-11(5-18-7-15-6-16-18)17-10-4-8-2-1-3-9(13(20)21)12(8)23-14(10)22/h1-3,6-7,10,22H,4-5H2,(H,17,19)(H,20,21)/t10-/m0/s1. The number of nitrogens with one attached hydrogen (secondary N) is 1. The summed E-state index contributed by atoms with van der Waals surface area (Å²) in [6.07, 6.45) is 2.98. The molecule has 0 bridgehead atoms. The van der Waals surface area contributed by atoms with E-state index in [9.17, 15) is 14.6 Å². The van der Waals surface area contributed by atoms with Gasteiger partial charge in [-0.15, -0.1) is 0 Å². The minimum atomic E-state index is -1.33. The van der Waals surface area contributed by atoms with Gasteiger partial charge in [-0.2, -0.15) is 5.10 Å². The van der Waals surface area contributed by atoms with Crippen molar-refractivity contribution in [2.45, 2.75) is 18.9 Å². The molecule has 0 fully saturated rings. The van der Waals surface area contributed by atoms with Crippen LogP contribution >= 0.6 is 0 Å². The SMILES string of the molecule is O=C(Cn1cncn1)N[C@H]1Cc2cccc(C(=O)O)c2OB1O. The Hall–Kier alpha value is -2.88. The number of carbonyl (C=O) groups excluding carboxylic acids is 1. The molecular weight excluding hydrogens is 303 g/mol. The third-order valence-electron chi connectivity index (χ3n) is 3.47. The zero-order valence-corrected chi connectivity index (χ0v) is 11.9. The van der Waals surface area contributed by atoms with Crippen molar-refractivity contribution < 1.29 is 24.4 Å². The summed E-state index contributed by atoms with van der Waals surface area (Å²) in [6.45, 7) is -0.0365. The van der Waals surface area contributed by atoms with Gasteiger partial charge in [0.1, 0.15) is 24.9 Å². The van der Waals surface area contributed by atoms with E-state index in [1.807, 2.05) is 0 Å². The quantitative estimate of drug-likeness (QED) is 0.625. The smallest absolute Gasteiger partial charge is 0.534 e. The van der Waals surface area contributed by atoms with Crippen molar-refractivity contribution >= 4 is 19.0 Å². The fourth-order valence-corrected chi connectivity index (χ4v) is 2.43.